The lowest BCUT2D eigenvalue weighted by molar-refractivity contribution is 0.232. The van der Waals surface area contributed by atoms with Gasteiger partial charge in [0.1, 0.15) is 0 Å². The van der Waals surface area contributed by atoms with Gasteiger partial charge in [0, 0.05) is 0 Å². The number of allylic oxidation sites excluding steroid dienone is 1. The molecule has 0 aliphatic heterocycles. The summed E-state index contributed by atoms with van der Waals surface area (Å²) in [7, 11) is 0. The van der Waals surface area contributed by atoms with Crippen molar-refractivity contribution in [2.45, 2.75) is 57.8 Å². The Labute approximate surface area is 164 Å². The Kier molecular flexibility index (Phi) is 6.88. The molecule has 3 rings (SSSR count). The number of rotatable bonds is 7. The van der Waals surface area contributed by atoms with E-state index in [0.29, 0.717) is 11.5 Å². The summed E-state index contributed by atoms with van der Waals surface area (Å²) in [4.78, 5) is 0. The third-order valence-electron chi connectivity index (χ3n) is 6.26. The molecule has 27 heavy (non-hydrogen) atoms. The van der Waals surface area contributed by atoms with E-state index in [1.165, 1.54) is 55.2 Å². The molecule has 1 unspecified atom stereocenters. The molecule has 1 fully saturated rings. The molecule has 0 N–H and O–H groups in total. The Balaban J connectivity index is 1.72. The highest BCUT2D eigenvalue weighted by molar-refractivity contribution is 5.64. The summed E-state index contributed by atoms with van der Waals surface area (Å²) in [5, 5.41) is 8.96. The number of hydrogen-bond donors (Lipinski definition) is 0. The summed E-state index contributed by atoms with van der Waals surface area (Å²) in [5.74, 6) is 2.34. The predicted molar refractivity (Wildman–Crippen MR) is 115 cm³/mol. The van der Waals surface area contributed by atoms with Crippen LogP contribution in [0.5, 0.6) is 0 Å². The summed E-state index contributed by atoms with van der Waals surface area (Å²) in [6, 6.07) is 19.1. The minimum absolute atomic E-state index is 0.597. The lowest BCUT2D eigenvalue weighted by atomic mass is 9.71. The van der Waals surface area contributed by atoms with Crippen molar-refractivity contribution < 1.29 is 0 Å². The number of nitrogens with zero attached hydrogens (tertiary/aromatic N) is 1. The highest BCUT2D eigenvalue weighted by Gasteiger charge is 2.27. The van der Waals surface area contributed by atoms with Gasteiger partial charge in [-0.05, 0) is 65.8 Å². The van der Waals surface area contributed by atoms with Crippen molar-refractivity contribution in [2.24, 2.45) is 11.8 Å². The fourth-order valence-electron chi connectivity index (χ4n) is 4.73. The van der Waals surface area contributed by atoms with E-state index in [1.807, 2.05) is 24.3 Å². The fraction of sp³-hybridized carbons (Fsp3) is 0.423. The highest BCUT2D eigenvalue weighted by atomic mass is 14.3. The third-order valence-corrected chi connectivity index (χ3v) is 6.26. The molecule has 0 radical (unpaired) electrons. The maximum Gasteiger partial charge on any atom is 0.0991 e. The van der Waals surface area contributed by atoms with Gasteiger partial charge in [-0.15, -0.1) is 6.58 Å². The van der Waals surface area contributed by atoms with Crippen LogP contribution < -0.4 is 0 Å². The van der Waals surface area contributed by atoms with E-state index in [9.17, 15) is 0 Å². The molecular formula is C26H31N. The van der Waals surface area contributed by atoms with E-state index in [1.54, 1.807) is 0 Å². The molecule has 0 heterocycles. The van der Waals surface area contributed by atoms with Crippen molar-refractivity contribution in [3.63, 3.8) is 0 Å². The molecule has 2 aromatic carbocycles. The number of nitriles is 1. The van der Waals surface area contributed by atoms with Crippen LogP contribution in [0.3, 0.4) is 0 Å². The van der Waals surface area contributed by atoms with Crippen LogP contribution in [0, 0.1) is 23.2 Å². The summed E-state index contributed by atoms with van der Waals surface area (Å²) in [6.45, 7) is 6.33. The molecule has 1 atom stereocenters. The molecule has 1 heteroatoms. The molecule has 1 nitrogen and oxygen atoms in total. The summed E-state index contributed by atoms with van der Waals surface area (Å²) >= 11 is 0. The van der Waals surface area contributed by atoms with Crippen molar-refractivity contribution in [3.05, 3.63) is 72.3 Å². The average molecular weight is 358 g/mol. The second kappa shape index (κ2) is 9.56. The van der Waals surface area contributed by atoms with Gasteiger partial charge >= 0.3 is 0 Å². The molecule has 2 aromatic rings. The predicted octanol–water partition coefficient (Wildman–Crippen LogP) is 7.49. The SMILES string of the molecule is C=CCC(c1ccc(-c2ccc(C#N)cc2)cc1)[C@H]1CC[C@H](CCC)CC1. The van der Waals surface area contributed by atoms with Gasteiger partial charge in [-0.2, -0.15) is 5.26 Å². The van der Waals surface area contributed by atoms with Crippen LogP contribution >= 0.6 is 0 Å². The monoisotopic (exact) mass is 357 g/mol. The lowest BCUT2D eigenvalue weighted by Crippen LogP contribution is -2.20. The topological polar surface area (TPSA) is 23.8 Å². The highest BCUT2D eigenvalue weighted by Crippen LogP contribution is 2.41. The van der Waals surface area contributed by atoms with E-state index < -0.39 is 0 Å². The van der Waals surface area contributed by atoms with Gasteiger partial charge in [-0.1, -0.05) is 75.1 Å². The van der Waals surface area contributed by atoms with Gasteiger partial charge in [0.25, 0.3) is 0 Å². The minimum atomic E-state index is 0.597. The molecular weight excluding hydrogens is 326 g/mol. The van der Waals surface area contributed by atoms with Crippen LogP contribution in [0.15, 0.2) is 61.2 Å². The largest absolute Gasteiger partial charge is 0.192 e. The molecule has 140 valence electrons. The zero-order chi connectivity index (χ0) is 19.1. The van der Waals surface area contributed by atoms with Gasteiger partial charge < -0.3 is 0 Å². The zero-order valence-electron chi connectivity index (χ0n) is 16.5. The maximum atomic E-state index is 8.96. The molecule has 0 amide bonds. The first-order valence-corrected chi connectivity index (χ1v) is 10.5. The van der Waals surface area contributed by atoms with E-state index in [-0.39, 0.29) is 0 Å². The van der Waals surface area contributed by atoms with Crippen LogP contribution in [-0.4, -0.2) is 0 Å². The van der Waals surface area contributed by atoms with Gasteiger partial charge in [-0.25, -0.2) is 0 Å². The summed E-state index contributed by atoms with van der Waals surface area (Å²) in [6.07, 6.45) is 11.4. The fourth-order valence-corrected chi connectivity index (χ4v) is 4.73. The molecule has 0 spiro atoms. The zero-order valence-corrected chi connectivity index (χ0v) is 16.5. The van der Waals surface area contributed by atoms with Crippen molar-refractivity contribution in [2.75, 3.05) is 0 Å². The molecule has 0 bridgehead atoms. The Bertz CT molecular complexity index is 755. The average Bonchev–Trinajstić information content (AvgIpc) is 2.73. The Morgan fingerprint density at radius 3 is 2.11 bits per heavy atom. The standard InChI is InChI=1S/C26H31N/c1-3-5-20-7-13-24(14-8-20)26(6-4-2)25-17-15-23(16-18-25)22-11-9-21(19-27)10-12-22/h4,9-12,15-18,20,24,26H,2-3,5-8,13-14H2,1H3/t20-,24-,26?. The molecule has 0 aromatic heterocycles. The van der Waals surface area contributed by atoms with Crippen molar-refractivity contribution in [1.82, 2.24) is 0 Å². The Hall–Kier alpha value is -2.33. The van der Waals surface area contributed by atoms with Crippen LogP contribution in [0.2, 0.25) is 0 Å². The van der Waals surface area contributed by atoms with E-state index in [0.717, 1.165) is 18.3 Å². The summed E-state index contributed by atoms with van der Waals surface area (Å²) < 4.78 is 0. The van der Waals surface area contributed by atoms with Gasteiger partial charge in [0.15, 0.2) is 0 Å². The van der Waals surface area contributed by atoms with Crippen LogP contribution in [0.25, 0.3) is 11.1 Å². The van der Waals surface area contributed by atoms with Crippen molar-refractivity contribution in [1.29, 1.82) is 5.26 Å². The quantitative estimate of drug-likeness (QED) is 0.471. The minimum Gasteiger partial charge on any atom is -0.192 e. The van der Waals surface area contributed by atoms with E-state index in [4.69, 9.17) is 5.26 Å². The normalized spacial score (nSPS) is 20.6. The van der Waals surface area contributed by atoms with Crippen molar-refractivity contribution in [3.8, 4) is 17.2 Å². The Morgan fingerprint density at radius 2 is 1.59 bits per heavy atom. The smallest absolute Gasteiger partial charge is 0.0991 e. The molecule has 0 saturated heterocycles. The van der Waals surface area contributed by atoms with E-state index >= 15 is 0 Å². The third kappa shape index (κ3) is 4.89. The second-order valence-corrected chi connectivity index (χ2v) is 8.01. The number of benzene rings is 2. The second-order valence-electron chi connectivity index (χ2n) is 8.01. The number of hydrogen-bond acceptors (Lipinski definition) is 1. The van der Waals surface area contributed by atoms with Crippen molar-refractivity contribution >= 4 is 0 Å². The first-order valence-electron chi connectivity index (χ1n) is 10.5. The lowest BCUT2D eigenvalue weighted by Gasteiger charge is -2.34. The maximum absolute atomic E-state index is 8.96. The first-order chi connectivity index (χ1) is 13.2. The molecule has 1 aliphatic rings. The Morgan fingerprint density at radius 1 is 1.00 bits per heavy atom. The van der Waals surface area contributed by atoms with Crippen LogP contribution in [-0.2, 0) is 0 Å². The summed E-state index contributed by atoms with van der Waals surface area (Å²) in [5.41, 5.74) is 4.54. The van der Waals surface area contributed by atoms with Gasteiger partial charge in [0.05, 0.1) is 11.6 Å². The molecule has 1 aliphatic carbocycles. The first kappa shape index (κ1) is 19.4. The van der Waals surface area contributed by atoms with Gasteiger partial charge in [0.2, 0.25) is 0 Å². The van der Waals surface area contributed by atoms with Crippen LogP contribution in [0.4, 0.5) is 0 Å². The van der Waals surface area contributed by atoms with E-state index in [2.05, 4.69) is 49.9 Å². The van der Waals surface area contributed by atoms with Crippen LogP contribution in [0.1, 0.15) is 68.9 Å². The van der Waals surface area contributed by atoms with Gasteiger partial charge in [-0.3, -0.25) is 0 Å². The molecule has 1 saturated carbocycles.